The number of carboxylic acid groups (broad SMARTS) is 1. The van der Waals surface area contributed by atoms with Crippen LogP contribution in [0.3, 0.4) is 0 Å². The van der Waals surface area contributed by atoms with Crippen molar-refractivity contribution < 1.29 is 19.5 Å². The van der Waals surface area contributed by atoms with Crippen LogP contribution < -0.4 is 16.4 Å². The molecule has 0 aliphatic heterocycles. The topological polar surface area (TPSA) is 122 Å². The van der Waals surface area contributed by atoms with E-state index in [2.05, 4.69) is 10.6 Å². The number of rotatable bonds is 9. The number of carboxylic acids is 1. The van der Waals surface area contributed by atoms with Gasteiger partial charge in [-0.05, 0) is 56.8 Å². The molecular weight excluding hydrogens is 310 g/mol. The number of hydrogen-bond acceptors (Lipinski definition) is 4. The van der Waals surface area contributed by atoms with Gasteiger partial charge in [-0.1, -0.05) is 12.1 Å². The van der Waals surface area contributed by atoms with Crippen LogP contribution in [0, 0.1) is 13.8 Å². The maximum Gasteiger partial charge on any atom is 0.326 e. The second-order valence-electron chi connectivity index (χ2n) is 5.72. The zero-order valence-corrected chi connectivity index (χ0v) is 14.1. The van der Waals surface area contributed by atoms with Gasteiger partial charge in [-0.15, -0.1) is 0 Å². The number of aryl methyl sites for hydroxylation is 1. The van der Waals surface area contributed by atoms with Crippen molar-refractivity contribution in [1.29, 1.82) is 0 Å². The molecule has 1 rings (SSSR count). The number of nitrogens with two attached hydrogens (primary N) is 1. The van der Waals surface area contributed by atoms with Gasteiger partial charge >= 0.3 is 5.97 Å². The van der Waals surface area contributed by atoms with Crippen LogP contribution in [0.5, 0.6) is 0 Å². The summed E-state index contributed by atoms with van der Waals surface area (Å²) >= 11 is 0. The fourth-order valence-electron chi connectivity index (χ4n) is 2.22. The van der Waals surface area contributed by atoms with E-state index in [0.717, 1.165) is 11.1 Å². The summed E-state index contributed by atoms with van der Waals surface area (Å²) in [6.07, 6.45) is 1.15. The summed E-state index contributed by atoms with van der Waals surface area (Å²) in [5, 5.41) is 14.2. The summed E-state index contributed by atoms with van der Waals surface area (Å²) in [7, 11) is 0. The molecule has 0 spiro atoms. The van der Waals surface area contributed by atoms with Crippen LogP contribution >= 0.6 is 0 Å². The molecule has 0 bridgehead atoms. The van der Waals surface area contributed by atoms with E-state index in [1.807, 2.05) is 26.0 Å². The Balaban J connectivity index is 2.54. The van der Waals surface area contributed by atoms with E-state index >= 15 is 0 Å². The van der Waals surface area contributed by atoms with Crippen molar-refractivity contribution in [2.24, 2.45) is 5.73 Å². The van der Waals surface area contributed by atoms with E-state index in [-0.39, 0.29) is 6.42 Å². The van der Waals surface area contributed by atoms with Gasteiger partial charge < -0.3 is 21.5 Å². The second-order valence-corrected chi connectivity index (χ2v) is 5.72. The van der Waals surface area contributed by atoms with Gasteiger partial charge in [-0.3, -0.25) is 9.59 Å². The molecule has 0 aliphatic carbocycles. The standard InChI is InChI=1S/C17H25N3O4/c1-11-6-5-8-13(12(11)2)19-15(21)10-16(22)20-14(17(23)24)7-3-4-9-18/h5-6,8,14H,3-4,7,9-10,18H2,1-2H3,(H,19,21)(H,20,22)(H,23,24)/t14-/m0/s1. The van der Waals surface area contributed by atoms with Crippen molar-refractivity contribution in [3.63, 3.8) is 0 Å². The van der Waals surface area contributed by atoms with E-state index < -0.39 is 30.2 Å². The Morgan fingerprint density at radius 1 is 1.17 bits per heavy atom. The summed E-state index contributed by atoms with van der Waals surface area (Å²) in [6.45, 7) is 4.28. The minimum atomic E-state index is -1.12. The summed E-state index contributed by atoms with van der Waals surface area (Å²) in [5.74, 6) is -2.21. The summed E-state index contributed by atoms with van der Waals surface area (Å²) in [4.78, 5) is 35.0. The highest BCUT2D eigenvalue weighted by molar-refractivity contribution is 6.04. The lowest BCUT2D eigenvalue weighted by Crippen LogP contribution is -2.42. The van der Waals surface area contributed by atoms with Gasteiger partial charge in [0.15, 0.2) is 0 Å². The van der Waals surface area contributed by atoms with Crippen LogP contribution in [-0.2, 0) is 14.4 Å². The van der Waals surface area contributed by atoms with Crippen molar-refractivity contribution >= 4 is 23.5 Å². The van der Waals surface area contributed by atoms with Gasteiger partial charge in [0.25, 0.3) is 0 Å². The molecule has 0 aromatic heterocycles. The van der Waals surface area contributed by atoms with Gasteiger partial charge in [0.2, 0.25) is 11.8 Å². The Hall–Kier alpha value is -2.41. The predicted octanol–water partition coefficient (Wildman–Crippen LogP) is 1.33. The number of benzene rings is 1. The number of carbonyl (C=O) groups is 3. The third-order valence-electron chi connectivity index (χ3n) is 3.78. The molecule has 7 heteroatoms. The van der Waals surface area contributed by atoms with Crippen LogP contribution in [0.1, 0.15) is 36.8 Å². The van der Waals surface area contributed by atoms with Crippen LogP contribution in [0.4, 0.5) is 5.69 Å². The molecule has 132 valence electrons. The van der Waals surface area contributed by atoms with E-state index in [4.69, 9.17) is 10.8 Å². The van der Waals surface area contributed by atoms with Crippen LogP contribution in [-0.4, -0.2) is 35.5 Å². The zero-order valence-electron chi connectivity index (χ0n) is 14.1. The van der Waals surface area contributed by atoms with Crippen molar-refractivity contribution in [2.75, 3.05) is 11.9 Å². The molecule has 0 saturated heterocycles. The Morgan fingerprint density at radius 2 is 1.88 bits per heavy atom. The first-order chi connectivity index (χ1) is 11.3. The fraction of sp³-hybridized carbons (Fsp3) is 0.471. The van der Waals surface area contributed by atoms with Crippen LogP contribution in [0.15, 0.2) is 18.2 Å². The second kappa shape index (κ2) is 9.67. The molecule has 0 fully saturated rings. The molecular formula is C17H25N3O4. The Morgan fingerprint density at radius 3 is 2.50 bits per heavy atom. The lowest BCUT2D eigenvalue weighted by Gasteiger charge is -2.15. The third kappa shape index (κ3) is 6.37. The number of unbranched alkanes of at least 4 members (excludes halogenated alkanes) is 1. The van der Waals surface area contributed by atoms with E-state index in [9.17, 15) is 14.4 Å². The zero-order chi connectivity index (χ0) is 18.1. The number of hydrogen-bond donors (Lipinski definition) is 4. The first-order valence-electron chi connectivity index (χ1n) is 7.93. The summed E-state index contributed by atoms with van der Waals surface area (Å²) in [6, 6.07) is 4.50. The highest BCUT2D eigenvalue weighted by Gasteiger charge is 2.21. The van der Waals surface area contributed by atoms with Gasteiger partial charge in [0.05, 0.1) is 0 Å². The van der Waals surface area contributed by atoms with E-state index in [1.165, 1.54) is 0 Å². The Bertz CT molecular complexity index is 601. The highest BCUT2D eigenvalue weighted by atomic mass is 16.4. The monoisotopic (exact) mass is 335 g/mol. The van der Waals surface area contributed by atoms with Crippen LogP contribution in [0.25, 0.3) is 0 Å². The number of carbonyl (C=O) groups excluding carboxylic acids is 2. The largest absolute Gasteiger partial charge is 0.480 e. The molecule has 0 radical (unpaired) electrons. The molecule has 0 saturated carbocycles. The molecule has 1 atom stereocenters. The minimum Gasteiger partial charge on any atom is -0.480 e. The molecule has 7 nitrogen and oxygen atoms in total. The lowest BCUT2D eigenvalue weighted by atomic mass is 10.1. The number of aliphatic carboxylic acids is 1. The smallest absolute Gasteiger partial charge is 0.326 e. The van der Waals surface area contributed by atoms with Gasteiger partial charge in [0.1, 0.15) is 12.5 Å². The molecule has 2 amide bonds. The van der Waals surface area contributed by atoms with Crippen molar-refractivity contribution in [2.45, 2.75) is 45.6 Å². The normalized spacial score (nSPS) is 11.6. The third-order valence-corrected chi connectivity index (χ3v) is 3.78. The number of amides is 2. The molecule has 0 heterocycles. The fourth-order valence-corrected chi connectivity index (χ4v) is 2.22. The average molecular weight is 335 g/mol. The molecule has 0 aliphatic rings. The van der Waals surface area contributed by atoms with E-state index in [1.54, 1.807) is 6.07 Å². The number of nitrogens with one attached hydrogen (secondary N) is 2. The first kappa shape index (κ1) is 19.6. The number of anilines is 1. The molecule has 0 unspecified atom stereocenters. The van der Waals surface area contributed by atoms with Crippen molar-refractivity contribution in [1.82, 2.24) is 5.32 Å². The van der Waals surface area contributed by atoms with Gasteiger partial charge in [-0.2, -0.15) is 0 Å². The maximum atomic E-state index is 12.0. The quantitative estimate of drug-likeness (QED) is 0.401. The molecule has 5 N–H and O–H groups in total. The Labute approximate surface area is 141 Å². The lowest BCUT2D eigenvalue weighted by molar-refractivity contribution is -0.142. The first-order valence-corrected chi connectivity index (χ1v) is 7.93. The summed E-state index contributed by atoms with van der Waals surface area (Å²) < 4.78 is 0. The maximum absolute atomic E-state index is 12.0. The minimum absolute atomic E-state index is 0.289. The summed E-state index contributed by atoms with van der Waals surface area (Å²) in [5.41, 5.74) is 7.97. The predicted molar refractivity (Wildman–Crippen MR) is 91.6 cm³/mol. The Kier molecular flexibility index (Phi) is 7.91. The van der Waals surface area contributed by atoms with Crippen LogP contribution in [0.2, 0.25) is 0 Å². The van der Waals surface area contributed by atoms with Crippen molar-refractivity contribution in [3.05, 3.63) is 29.3 Å². The van der Waals surface area contributed by atoms with Crippen molar-refractivity contribution in [3.8, 4) is 0 Å². The molecule has 1 aromatic rings. The highest BCUT2D eigenvalue weighted by Crippen LogP contribution is 2.18. The average Bonchev–Trinajstić information content (AvgIpc) is 2.50. The van der Waals surface area contributed by atoms with E-state index in [0.29, 0.717) is 25.1 Å². The van der Waals surface area contributed by atoms with Gasteiger partial charge in [-0.25, -0.2) is 4.79 Å². The molecule has 24 heavy (non-hydrogen) atoms. The SMILES string of the molecule is Cc1cccc(NC(=O)CC(=O)N[C@@H](CCCCN)C(=O)O)c1C. The molecule has 1 aromatic carbocycles. The van der Waals surface area contributed by atoms with Gasteiger partial charge in [0, 0.05) is 5.69 Å².